The van der Waals surface area contributed by atoms with Gasteiger partial charge in [-0.1, -0.05) is 6.07 Å². The summed E-state index contributed by atoms with van der Waals surface area (Å²) in [5, 5.41) is 13.9. The summed E-state index contributed by atoms with van der Waals surface area (Å²) < 4.78 is 0. The zero-order valence-corrected chi connectivity index (χ0v) is 9.32. The summed E-state index contributed by atoms with van der Waals surface area (Å²) in [5.41, 5.74) is 0.544. The number of hydrogen-bond acceptors (Lipinski definition) is 3. The van der Waals surface area contributed by atoms with Crippen LogP contribution >= 0.6 is 0 Å². The van der Waals surface area contributed by atoms with Crippen molar-refractivity contribution < 1.29 is 34.0 Å². The highest BCUT2D eigenvalue weighted by Crippen LogP contribution is 2.17. The van der Waals surface area contributed by atoms with Crippen molar-refractivity contribution in [1.29, 1.82) is 0 Å². The Morgan fingerprint density at radius 2 is 2.23 bits per heavy atom. The highest BCUT2D eigenvalue weighted by atomic mass is 127. The van der Waals surface area contributed by atoms with Crippen molar-refractivity contribution in [3.05, 3.63) is 29.5 Å². The molecule has 0 spiro atoms. The van der Waals surface area contributed by atoms with Crippen LogP contribution in [0.1, 0.15) is 0 Å². The first-order chi connectivity index (χ1) is 5.74. The van der Waals surface area contributed by atoms with E-state index in [4.69, 9.17) is 4.84 Å². The van der Waals surface area contributed by atoms with Gasteiger partial charge in [0.1, 0.15) is 0 Å². The van der Waals surface area contributed by atoms with E-state index in [9.17, 15) is 5.21 Å². The van der Waals surface area contributed by atoms with Crippen molar-refractivity contribution in [3.63, 3.8) is 0 Å². The first-order valence-corrected chi connectivity index (χ1v) is 3.44. The van der Waals surface area contributed by atoms with Gasteiger partial charge in [-0.2, -0.15) is 0 Å². The molecular weight excluding hydrogens is 283 g/mol. The van der Waals surface area contributed by atoms with E-state index in [1.54, 1.807) is 24.3 Å². The Balaban J connectivity index is 0.00000144. The Hall–Kier alpha value is -0.820. The quantitative estimate of drug-likeness (QED) is 0.361. The van der Waals surface area contributed by atoms with Crippen LogP contribution in [0, 0.1) is 5.21 Å². The van der Waals surface area contributed by atoms with Gasteiger partial charge in [-0.25, -0.2) is 4.84 Å². The lowest BCUT2D eigenvalue weighted by molar-refractivity contribution is -0.697. The van der Waals surface area contributed by atoms with Crippen molar-refractivity contribution in [2.45, 2.75) is 0 Å². The largest absolute Gasteiger partial charge is 1.00 e. The fourth-order valence-corrected chi connectivity index (χ4v) is 0.826. The van der Waals surface area contributed by atoms with Crippen LogP contribution in [0.25, 0.3) is 0 Å². The first-order valence-electron chi connectivity index (χ1n) is 3.44. The minimum Gasteiger partial charge on any atom is -1.00 e. The number of nitrogens with one attached hydrogen (secondary N) is 1. The molecule has 0 aromatic heterocycles. The van der Waals surface area contributed by atoms with E-state index in [1.807, 2.05) is 0 Å². The van der Waals surface area contributed by atoms with Gasteiger partial charge in [0.25, 0.3) is 0 Å². The van der Waals surface area contributed by atoms with Crippen LogP contribution in [0.3, 0.4) is 0 Å². The van der Waals surface area contributed by atoms with Crippen molar-refractivity contribution in [3.8, 4) is 5.75 Å². The number of anilines is 1. The fourth-order valence-electron chi connectivity index (χ4n) is 0.826. The second-order valence-corrected chi connectivity index (χ2v) is 2.24. The average Bonchev–Trinajstić information content (AvgIpc) is 2.05. The molecule has 0 aliphatic heterocycles. The highest BCUT2D eigenvalue weighted by Gasteiger charge is 1.96. The summed E-state index contributed by atoms with van der Waals surface area (Å²) in [7, 11) is 1.43. The molecule has 0 atom stereocenters. The van der Waals surface area contributed by atoms with E-state index in [1.165, 1.54) is 7.05 Å². The van der Waals surface area contributed by atoms with Crippen LogP contribution in [-0.4, -0.2) is 13.8 Å². The second-order valence-electron chi connectivity index (χ2n) is 2.24. The van der Waals surface area contributed by atoms with Crippen LogP contribution in [0.4, 0.5) is 5.69 Å². The number of nitrogens with zero attached hydrogens (tertiary/aromatic N) is 1. The molecule has 4 nitrogen and oxygen atoms in total. The van der Waals surface area contributed by atoms with E-state index < -0.39 is 0 Å². The molecule has 13 heavy (non-hydrogen) atoms. The molecule has 0 unspecified atom stereocenters. The molecule has 0 saturated carbocycles. The maximum absolute atomic E-state index is 10.8. The Morgan fingerprint density at radius 1 is 1.54 bits per heavy atom. The maximum Gasteiger partial charge on any atom is 0.205 e. The second kappa shape index (κ2) is 5.76. The van der Waals surface area contributed by atoms with Crippen LogP contribution in [0.2, 0.25) is 0 Å². The summed E-state index contributed by atoms with van der Waals surface area (Å²) in [4.78, 5) is 4.87. The summed E-state index contributed by atoms with van der Waals surface area (Å²) in [6.45, 7) is 3.29. The molecule has 0 fully saturated rings. The van der Waals surface area contributed by atoms with Crippen LogP contribution < -0.4 is 39.0 Å². The molecule has 0 bridgehead atoms. The molecule has 1 N–H and O–H groups in total. The number of hydroxylamine groups is 1. The third kappa shape index (κ3) is 3.60. The lowest BCUT2D eigenvalue weighted by Gasteiger charge is -2.24. The van der Waals surface area contributed by atoms with E-state index in [-0.39, 0.29) is 24.0 Å². The first kappa shape index (κ1) is 12.2. The molecule has 0 aliphatic rings. The van der Waals surface area contributed by atoms with Crippen molar-refractivity contribution in [1.82, 2.24) is 0 Å². The van der Waals surface area contributed by atoms with E-state index in [2.05, 4.69) is 11.9 Å². The Labute approximate surface area is 93.8 Å². The fraction of sp³-hybridized carbons (Fsp3) is 0.125. The minimum absolute atomic E-state index is 0. The average molecular weight is 293 g/mol. The zero-order chi connectivity index (χ0) is 8.97. The van der Waals surface area contributed by atoms with Crippen molar-refractivity contribution in [2.75, 3.05) is 12.1 Å². The molecular formula is C8H10IN2O2-. The van der Waals surface area contributed by atoms with E-state index >= 15 is 0 Å². The molecule has 0 saturated heterocycles. The van der Waals surface area contributed by atoms with Crippen LogP contribution in [0.5, 0.6) is 5.75 Å². The van der Waals surface area contributed by atoms with Crippen molar-refractivity contribution in [2.24, 2.45) is 0 Å². The number of benzene rings is 1. The van der Waals surface area contributed by atoms with Gasteiger partial charge in [0.05, 0.1) is 0 Å². The Kier molecular flexibility index (Phi) is 5.40. The number of rotatable bonds is 3. The molecule has 0 heterocycles. The van der Waals surface area contributed by atoms with Crippen molar-refractivity contribution >= 4 is 12.4 Å². The predicted octanol–water partition coefficient (Wildman–Crippen LogP) is -3.30. The monoisotopic (exact) mass is 293 g/mol. The standard InChI is InChI=1S/C8H9N2O2.HI/c1-9-12-8-5-3-4-7(6-8)10(2)11;/h3-6H,1H2,2H3;1H/q-1;. The van der Waals surface area contributed by atoms with Gasteiger partial charge in [0, 0.05) is 11.8 Å². The SMILES string of the molecule is C=[NH+]Oc1cccc(N(C)[O-])c1.[I-]. The summed E-state index contributed by atoms with van der Waals surface area (Å²) in [5.74, 6) is 0.560. The highest BCUT2D eigenvalue weighted by molar-refractivity contribution is 5.50. The lowest BCUT2D eigenvalue weighted by atomic mass is 10.3. The molecule has 1 aromatic carbocycles. The molecule has 5 heteroatoms. The molecule has 0 aliphatic carbocycles. The van der Waals surface area contributed by atoms with Gasteiger partial charge in [-0.3, -0.25) is 0 Å². The molecule has 1 rings (SSSR count). The minimum atomic E-state index is 0. The van der Waals surface area contributed by atoms with Crippen LogP contribution in [0.15, 0.2) is 24.3 Å². The molecule has 0 radical (unpaired) electrons. The number of hydrogen-bond donors (Lipinski definition) is 1. The Morgan fingerprint density at radius 3 is 2.77 bits per heavy atom. The van der Waals surface area contributed by atoms with Gasteiger partial charge >= 0.3 is 0 Å². The topological polar surface area (TPSA) is 49.5 Å². The summed E-state index contributed by atoms with van der Waals surface area (Å²) >= 11 is 0. The number of halogens is 1. The molecule has 1 aromatic rings. The van der Waals surface area contributed by atoms with Gasteiger partial charge in [-0.05, 0) is 24.3 Å². The normalized spacial score (nSPS) is 8.46. The molecule has 0 amide bonds. The Bertz CT molecular complexity index is 279. The van der Waals surface area contributed by atoms with Gasteiger partial charge in [0.15, 0.2) is 6.72 Å². The molecule has 72 valence electrons. The van der Waals surface area contributed by atoms with Gasteiger partial charge in [0.2, 0.25) is 5.75 Å². The maximum atomic E-state index is 10.8. The van der Waals surface area contributed by atoms with Gasteiger partial charge < -0.3 is 34.2 Å². The third-order valence-electron chi connectivity index (χ3n) is 1.37. The lowest BCUT2D eigenvalue weighted by Crippen LogP contribution is -3.00. The third-order valence-corrected chi connectivity index (χ3v) is 1.37. The zero-order valence-electron chi connectivity index (χ0n) is 7.16. The van der Waals surface area contributed by atoms with Gasteiger partial charge in [-0.15, -0.1) is 0 Å². The van der Waals surface area contributed by atoms with E-state index in [0.717, 1.165) is 5.06 Å². The van der Waals surface area contributed by atoms with Crippen LogP contribution in [-0.2, 0) is 0 Å². The predicted molar refractivity (Wildman–Crippen MR) is 46.9 cm³/mol. The summed E-state index contributed by atoms with van der Waals surface area (Å²) in [6, 6.07) is 6.77. The summed E-state index contributed by atoms with van der Waals surface area (Å²) in [6.07, 6.45) is 0. The van der Waals surface area contributed by atoms with E-state index in [0.29, 0.717) is 11.4 Å². The smallest absolute Gasteiger partial charge is 0.205 e.